The van der Waals surface area contributed by atoms with Gasteiger partial charge in [-0.3, -0.25) is 4.79 Å². The van der Waals surface area contributed by atoms with E-state index in [1.807, 2.05) is 56.3 Å². The number of amides is 1. The number of ether oxygens (including phenoxy) is 3. The Morgan fingerprint density at radius 2 is 1.59 bits per heavy atom. The maximum Gasteiger partial charge on any atom is 0.359 e. The summed E-state index contributed by atoms with van der Waals surface area (Å²) >= 11 is 0. The number of unbranched alkanes of at least 4 members (excludes halogenated alkanes) is 1. The van der Waals surface area contributed by atoms with Crippen LogP contribution < -0.4 is 4.74 Å². The van der Waals surface area contributed by atoms with Crippen molar-refractivity contribution in [2.45, 2.75) is 86.3 Å². The van der Waals surface area contributed by atoms with Crippen molar-refractivity contribution in [2.75, 3.05) is 20.3 Å². The van der Waals surface area contributed by atoms with Crippen LogP contribution in [0.1, 0.15) is 109 Å². The minimum Gasteiger partial charge on any atom is -0.497 e. The molecule has 1 aliphatic rings. The van der Waals surface area contributed by atoms with E-state index in [1.54, 1.807) is 62.6 Å². The highest BCUT2D eigenvalue weighted by Crippen LogP contribution is 2.36. The number of methoxy groups -OCH3 is 1. The summed E-state index contributed by atoms with van der Waals surface area (Å²) < 4.78 is 18.3. The quantitative estimate of drug-likeness (QED) is 0.157. The monoisotopic (exact) mass is 667 g/mol. The number of hydrogen-bond acceptors (Lipinski definition) is 7. The normalized spacial score (nSPS) is 12.4. The third kappa shape index (κ3) is 8.57. The molecule has 2 heterocycles. The first-order valence-electron chi connectivity index (χ1n) is 17.2. The second kappa shape index (κ2) is 16.5. The summed E-state index contributed by atoms with van der Waals surface area (Å²) in [7, 11) is 1.60. The maximum absolute atomic E-state index is 14.6. The Kier molecular flexibility index (Phi) is 12.4. The molecular weight excluding hydrogens is 618 g/mol. The van der Waals surface area contributed by atoms with E-state index in [9.17, 15) is 14.4 Å². The predicted molar refractivity (Wildman–Crippen MR) is 192 cm³/mol. The van der Waals surface area contributed by atoms with Crippen molar-refractivity contribution in [1.29, 1.82) is 0 Å². The van der Waals surface area contributed by atoms with Crippen LogP contribution in [0, 0.1) is 0 Å². The second-order valence-corrected chi connectivity index (χ2v) is 12.6. The summed E-state index contributed by atoms with van der Waals surface area (Å²) in [6, 6.07) is 20.5. The van der Waals surface area contributed by atoms with Crippen molar-refractivity contribution in [3.05, 3.63) is 100 Å². The Hall–Kier alpha value is -4.92. The van der Waals surface area contributed by atoms with Crippen LogP contribution in [0.3, 0.4) is 0 Å². The van der Waals surface area contributed by atoms with E-state index in [2.05, 4.69) is 13.0 Å². The molecular formula is C40H49N3O6. The van der Waals surface area contributed by atoms with Gasteiger partial charge in [-0.1, -0.05) is 57.5 Å². The predicted octanol–water partition coefficient (Wildman–Crippen LogP) is 8.25. The third-order valence-electron chi connectivity index (χ3n) is 8.11. The zero-order valence-electron chi connectivity index (χ0n) is 30.1. The lowest BCUT2D eigenvalue weighted by Gasteiger charge is -2.30. The molecule has 0 bridgehead atoms. The van der Waals surface area contributed by atoms with Crippen LogP contribution in [0.2, 0.25) is 0 Å². The molecule has 9 nitrogen and oxygen atoms in total. The van der Waals surface area contributed by atoms with Crippen molar-refractivity contribution in [2.24, 2.45) is 0 Å². The van der Waals surface area contributed by atoms with E-state index >= 15 is 0 Å². The number of hydrogen-bond donors (Lipinski definition) is 0. The molecule has 260 valence electrons. The largest absolute Gasteiger partial charge is 0.497 e. The highest BCUT2D eigenvalue weighted by atomic mass is 16.6. The highest BCUT2D eigenvalue weighted by molar-refractivity contribution is 6.07. The number of benzene rings is 3. The summed E-state index contributed by atoms with van der Waals surface area (Å²) in [5, 5.41) is 4.82. The van der Waals surface area contributed by atoms with E-state index in [0.29, 0.717) is 48.4 Å². The van der Waals surface area contributed by atoms with Gasteiger partial charge in [-0.15, -0.1) is 0 Å². The molecule has 0 N–H and O–H groups in total. The van der Waals surface area contributed by atoms with E-state index in [0.717, 1.165) is 29.8 Å². The molecule has 4 aromatic rings. The molecule has 0 saturated carbocycles. The number of carbonyl (C=O) groups excluding carboxylic acids is 3. The van der Waals surface area contributed by atoms with Gasteiger partial charge in [-0.25, -0.2) is 14.3 Å². The number of esters is 2. The van der Waals surface area contributed by atoms with Crippen molar-refractivity contribution in [3.63, 3.8) is 0 Å². The summed E-state index contributed by atoms with van der Waals surface area (Å²) in [6.07, 6.45) is 3.02. The Bertz CT molecular complexity index is 1770. The molecule has 1 aromatic heterocycles. The summed E-state index contributed by atoms with van der Waals surface area (Å²) in [5.41, 5.74) is 4.76. The molecule has 3 aromatic carbocycles. The Morgan fingerprint density at radius 1 is 0.898 bits per heavy atom. The fourth-order valence-electron chi connectivity index (χ4n) is 5.83. The molecule has 9 heteroatoms. The van der Waals surface area contributed by atoms with E-state index in [1.165, 1.54) is 5.56 Å². The van der Waals surface area contributed by atoms with Crippen LogP contribution in [0.4, 0.5) is 0 Å². The summed E-state index contributed by atoms with van der Waals surface area (Å²) in [4.78, 5) is 43.2. The molecule has 0 aliphatic carbocycles. The number of nitrogens with zero attached hydrogens (tertiary/aromatic N) is 3. The molecule has 0 saturated heterocycles. The first-order chi connectivity index (χ1) is 23.5. The Morgan fingerprint density at radius 3 is 2.22 bits per heavy atom. The van der Waals surface area contributed by atoms with Gasteiger partial charge in [0.25, 0.3) is 5.91 Å². The average molecular weight is 668 g/mol. The molecule has 0 spiro atoms. The van der Waals surface area contributed by atoms with Gasteiger partial charge in [-0.05, 0) is 100 Å². The van der Waals surface area contributed by atoms with Gasteiger partial charge >= 0.3 is 11.9 Å². The van der Waals surface area contributed by atoms with Crippen LogP contribution in [0.25, 0.3) is 16.8 Å². The number of rotatable bonds is 10. The van der Waals surface area contributed by atoms with Gasteiger partial charge in [0.05, 0.1) is 30.7 Å². The maximum atomic E-state index is 14.6. The minimum absolute atomic E-state index is 0.108. The van der Waals surface area contributed by atoms with Crippen LogP contribution in [-0.2, 0) is 28.9 Å². The zero-order chi connectivity index (χ0) is 35.7. The lowest BCUT2D eigenvalue weighted by atomic mass is 9.92. The minimum atomic E-state index is -0.722. The van der Waals surface area contributed by atoms with Gasteiger partial charge < -0.3 is 19.1 Å². The van der Waals surface area contributed by atoms with Crippen LogP contribution in [0.5, 0.6) is 5.75 Å². The summed E-state index contributed by atoms with van der Waals surface area (Å²) in [5.74, 6) is -0.675. The Balaban J connectivity index is 0.00000265. The Labute approximate surface area is 290 Å². The molecule has 0 radical (unpaired) electrons. The highest BCUT2D eigenvalue weighted by Gasteiger charge is 2.32. The number of aromatic nitrogens is 2. The molecule has 1 amide bonds. The first-order valence-corrected chi connectivity index (χ1v) is 17.2. The standard InChI is InChI=1S/C38H43N3O6.C2H6/c1-7-9-14-32-33(34(37(44)46-8-2)39-41(32)28-16-18-29(45-6)19-17-28)30-20-15-26(36(43)47-38(3,4)5)23-31(30)35(42)40-22-21-25-12-10-11-13-27(25)24-40;1-2/h10-13,15-20,23H,7-9,14,21-22,24H2,1-6H3;1-2H3. The van der Waals surface area contributed by atoms with Crippen LogP contribution in [0.15, 0.2) is 66.7 Å². The number of fused-ring (bicyclic) bond motifs is 1. The molecule has 0 fully saturated rings. The molecule has 0 unspecified atom stereocenters. The van der Waals surface area contributed by atoms with Crippen molar-refractivity contribution in [3.8, 4) is 22.6 Å². The molecule has 49 heavy (non-hydrogen) atoms. The van der Waals surface area contributed by atoms with E-state index < -0.39 is 17.5 Å². The number of carbonyl (C=O) groups is 3. The van der Waals surface area contributed by atoms with Crippen molar-refractivity contribution < 1.29 is 28.6 Å². The van der Waals surface area contributed by atoms with Crippen molar-refractivity contribution >= 4 is 17.8 Å². The lowest BCUT2D eigenvalue weighted by Crippen LogP contribution is -2.36. The lowest BCUT2D eigenvalue weighted by molar-refractivity contribution is 0.00692. The van der Waals surface area contributed by atoms with Gasteiger partial charge in [0.1, 0.15) is 11.4 Å². The van der Waals surface area contributed by atoms with Gasteiger partial charge in [0.2, 0.25) is 0 Å². The zero-order valence-corrected chi connectivity index (χ0v) is 30.1. The average Bonchev–Trinajstić information content (AvgIpc) is 3.49. The fraction of sp³-hybridized carbons (Fsp3) is 0.400. The third-order valence-corrected chi connectivity index (χ3v) is 8.11. The van der Waals surface area contributed by atoms with E-state index in [4.69, 9.17) is 19.3 Å². The fourth-order valence-corrected chi connectivity index (χ4v) is 5.83. The molecule has 1 aliphatic heterocycles. The van der Waals surface area contributed by atoms with Gasteiger partial charge in [0.15, 0.2) is 5.69 Å². The van der Waals surface area contributed by atoms with Crippen LogP contribution >= 0.6 is 0 Å². The van der Waals surface area contributed by atoms with Crippen LogP contribution in [-0.4, -0.2) is 58.4 Å². The molecule has 5 rings (SSSR count). The van der Waals surface area contributed by atoms with E-state index in [-0.39, 0.29) is 23.8 Å². The van der Waals surface area contributed by atoms with Crippen molar-refractivity contribution in [1.82, 2.24) is 14.7 Å². The first kappa shape index (κ1) is 36.9. The summed E-state index contributed by atoms with van der Waals surface area (Å²) in [6.45, 7) is 14.4. The smallest absolute Gasteiger partial charge is 0.359 e. The molecule has 0 atom stereocenters. The van der Waals surface area contributed by atoms with Gasteiger partial charge in [-0.2, -0.15) is 5.10 Å². The topological polar surface area (TPSA) is 100.0 Å². The van der Waals surface area contributed by atoms with Gasteiger partial charge in [0, 0.05) is 24.2 Å². The second-order valence-electron chi connectivity index (χ2n) is 12.6. The SMILES string of the molecule is CC.CCCCc1c(-c2ccc(C(=O)OC(C)(C)C)cc2C(=O)N2CCc3ccccc3C2)c(C(=O)OCC)nn1-c1ccc(OC)cc1.